The van der Waals surface area contributed by atoms with E-state index in [1.54, 1.807) is 6.92 Å². The second kappa shape index (κ2) is 9.23. The maximum absolute atomic E-state index is 12.6. The molecule has 0 spiro atoms. The quantitative estimate of drug-likeness (QED) is 0.638. The molecular weight excluding hydrogens is 372 g/mol. The minimum Gasteiger partial charge on any atom is -0.344 e. The van der Waals surface area contributed by atoms with Gasteiger partial charge in [-0.2, -0.15) is 0 Å². The van der Waals surface area contributed by atoms with Crippen LogP contribution in [0.2, 0.25) is 0 Å². The largest absolute Gasteiger partial charge is 0.344 e. The summed E-state index contributed by atoms with van der Waals surface area (Å²) in [4.78, 5) is 25.1. The number of benzene rings is 2. The normalized spacial score (nSPS) is 12.8. The minimum absolute atomic E-state index is 0.168. The number of nitrogens with zero attached hydrogens (tertiary/aromatic N) is 2. The zero-order valence-corrected chi connectivity index (χ0v) is 16.6. The number of anilines is 1. The number of carbonyl (C=O) groups excluding carboxylic acids is 2. The highest BCUT2D eigenvalue weighted by atomic mass is 32.1. The summed E-state index contributed by atoms with van der Waals surface area (Å²) in [6.07, 6.45) is 0.654. The standard InChI is InChI=1S/C21H22N4O2S/c1-3-17(15-10-6-4-7-11-15)19(27)22-14(2)18(26)23-21-25-24-20(28-21)16-12-8-5-9-13-16/h4-14,17H,3H2,1-2H3,(H,22,27)(H,23,25,26)/t14-,17-/m0/s1. The van der Waals surface area contributed by atoms with Crippen molar-refractivity contribution in [3.05, 3.63) is 66.2 Å². The first-order chi connectivity index (χ1) is 13.6. The molecular formula is C21H22N4O2S. The van der Waals surface area contributed by atoms with Crippen LogP contribution in [0.4, 0.5) is 5.13 Å². The molecule has 1 heterocycles. The molecule has 2 atom stereocenters. The third kappa shape index (κ3) is 4.80. The maximum atomic E-state index is 12.6. The Balaban J connectivity index is 1.60. The SMILES string of the molecule is CC[C@H](C(=O)N[C@@H](C)C(=O)Nc1nnc(-c2ccccc2)s1)c1ccccc1. The summed E-state index contributed by atoms with van der Waals surface area (Å²) in [6.45, 7) is 3.61. The number of hydrogen-bond donors (Lipinski definition) is 2. The number of nitrogens with one attached hydrogen (secondary N) is 2. The Hall–Kier alpha value is -3.06. The Morgan fingerprint density at radius 1 is 0.964 bits per heavy atom. The van der Waals surface area contributed by atoms with Gasteiger partial charge in [-0.15, -0.1) is 10.2 Å². The molecule has 28 heavy (non-hydrogen) atoms. The monoisotopic (exact) mass is 394 g/mol. The molecule has 0 saturated carbocycles. The summed E-state index contributed by atoms with van der Waals surface area (Å²) in [5.74, 6) is -0.784. The van der Waals surface area contributed by atoms with Gasteiger partial charge in [0.2, 0.25) is 16.9 Å². The molecule has 0 saturated heterocycles. The van der Waals surface area contributed by atoms with Crippen LogP contribution < -0.4 is 10.6 Å². The molecule has 144 valence electrons. The highest BCUT2D eigenvalue weighted by Gasteiger charge is 2.23. The van der Waals surface area contributed by atoms with Crippen LogP contribution in [-0.2, 0) is 9.59 Å². The number of amides is 2. The highest BCUT2D eigenvalue weighted by molar-refractivity contribution is 7.18. The van der Waals surface area contributed by atoms with E-state index in [1.807, 2.05) is 67.6 Å². The number of hydrogen-bond acceptors (Lipinski definition) is 5. The van der Waals surface area contributed by atoms with Gasteiger partial charge < -0.3 is 5.32 Å². The molecule has 0 aliphatic rings. The average Bonchev–Trinajstić information content (AvgIpc) is 3.18. The molecule has 3 rings (SSSR count). The molecule has 7 heteroatoms. The molecule has 2 N–H and O–H groups in total. The summed E-state index contributed by atoms with van der Waals surface area (Å²) in [6, 6.07) is 18.5. The van der Waals surface area contributed by atoms with Crippen LogP contribution in [0, 0.1) is 0 Å². The second-order valence-electron chi connectivity index (χ2n) is 6.37. The topological polar surface area (TPSA) is 84.0 Å². The van der Waals surface area contributed by atoms with Crippen molar-refractivity contribution in [1.29, 1.82) is 0 Å². The highest BCUT2D eigenvalue weighted by Crippen LogP contribution is 2.26. The lowest BCUT2D eigenvalue weighted by Gasteiger charge is -2.19. The lowest BCUT2D eigenvalue weighted by molar-refractivity contribution is -0.127. The third-order valence-corrected chi connectivity index (χ3v) is 5.24. The molecule has 1 aromatic heterocycles. The van der Waals surface area contributed by atoms with Crippen molar-refractivity contribution in [2.75, 3.05) is 5.32 Å². The van der Waals surface area contributed by atoms with E-state index < -0.39 is 6.04 Å². The van der Waals surface area contributed by atoms with Crippen LogP contribution in [-0.4, -0.2) is 28.1 Å². The Morgan fingerprint density at radius 2 is 1.61 bits per heavy atom. The lowest BCUT2D eigenvalue weighted by Crippen LogP contribution is -2.43. The van der Waals surface area contributed by atoms with Gasteiger partial charge in [-0.3, -0.25) is 14.9 Å². The van der Waals surface area contributed by atoms with Crippen molar-refractivity contribution < 1.29 is 9.59 Å². The van der Waals surface area contributed by atoms with E-state index in [1.165, 1.54) is 11.3 Å². The van der Waals surface area contributed by atoms with Crippen molar-refractivity contribution >= 4 is 28.3 Å². The molecule has 0 radical (unpaired) electrons. The van der Waals surface area contributed by atoms with E-state index >= 15 is 0 Å². The van der Waals surface area contributed by atoms with Crippen molar-refractivity contribution in [3.8, 4) is 10.6 Å². The van der Waals surface area contributed by atoms with Gasteiger partial charge in [0.1, 0.15) is 11.0 Å². The third-order valence-electron chi connectivity index (χ3n) is 4.35. The molecule has 0 aliphatic carbocycles. The molecule has 0 bridgehead atoms. The van der Waals surface area contributed by atoms with Crippen LogP contribution >= 0.6 is 11.3 Å². The van der Waals surface area contributed by atoms with Gasteiger partial charge in [0.05, 0.1) is 5.92 Å². The number of carbonyl (C=O) groups is 2. The van der Waals surface area contributed by atoms with E-state index in [4.69, 9.17) is 0 Å². The zero-order chi connectivity index (χ0) is 19.9. The van der Waals surface area contributed by atoms with Gasteiger partial charge in [-0.05, 0) is 18.9 Å². The summed E-state index contributed by atoms with van der Waals surface area (Å²) >= 11 is 1.29. The summed E-state index contributed by atoms with van der Waals surface area (Å²) in [7, 11) is 0. The molecule has 0 aliphatic heterocycles. The van der Waals surface area contributed by atoms with Crippen LogP contribution in [0.3, 0.4) is 0 Å². The summed E-state index contributed by atoms with van der Waals surface area (Å²) in [5, 5.41) is 14.8. The predicted molar refractivity (Wildman–Crippen MR) is 111 cm³/mol. The van der Waals surface area contributed by atoms with Crippen LogP contribution in [0.25, 0.3) is 10.6 Å². The Kier molecular flexibility index (Phi) is 6.49. The molecule has 6 nitrogen and oxygen atoms in total. The van der Waals surface area contributed by atoms with Gasteiger partial charge in [-0.1, -0.05) is 78.9 Å². The van der Waals surface area contributed by atoms with Crippen molar-refractivity contribution in [2.24, 2.45) is 0 Å². The smallest absolute Gasteiger partial charge is 0.248 e. The van der Waals surface area contributed by atoms with Gasteiger partial charge in [-0.25, -0.2) is 0 Å². The van der Waals surface area contributed by atoms with Gasteiger partial charge in [0.25, 0.3) is 0 Å². The summed E-state index contributed by atoms with van der Waals surface area (Å²) < 4.78 is 0. The maximum Gasteiger partial charge on any atom is 0.248 e. The molecule has 2 amide bonds. The van der Waals surface area contributed by atoms with E-state index in [0.717, 1.165) is 16.1 Å². The molecule has 2 aromatic carbocycles. The number of rotatable bonds is 7. The van der Waals surface area contributed by atoms with E-state index in [2.05, 4.69) is 20.8 Å². The van der Waals surface area contributed by atoms with Crippen LogP contribution in [0.1, 0.15) is 31.7 Å². The van der Waals surface area contributed by atoms with Gasteiger partial charge >= 0.3 is 0 Å². The van der Waals surface area contributed by atoms with Gasteiger partial charge in [0, 0.05) is 5.56 Å². The number of aromatic nitrogens is 2. The molecule has 0 unspecified atom stereocenters. The Morgan fingerprint density at radius 3 is 2.25 bits per heavy atom. The van der Waals surface area contributed by atoms with Crippen molar-refractivity contribution in [2.45, 2.75) is 32.2 Å². The zero-order valence-electron chi connectivity index (χ0n) is 15.8. The predicted octanol–water partition coefficient (Wildman–Crippen LogP) is 3.84. The Labute approximate surface area is 168 Å². The van der Waals surface area contributed by atoms with Crippen molar-refractivity contribution in [1.82, 2.24) is 15.5 Å². The van der Waals surface area contributed by atoms with E-state index in [0.29, 0.717) is 11.6 Å². The van der Waals surface area contributed by atoms with Gasteiger partial charge in [0.15, 0.2) is 0 Å². The molecule has 0 fully saturated rings. The van der Waals surface area contributed by atoms with E-state index in [-0.39, 0.29) is 17.7 Å². The van der Waals surface area contributed by atoms with E-state index in [9.17, 15) is 9.59 Å². The lowest BCUT2D eigenvalue weighted by atomic mass is 9.95. The fourth-order valence-corrected chi connectivity index (χ4v) is 3.57. The first-order valence-corrected chi connectivity index (χ1v) is 9.95. The summed E-state index contributed by atoms with van der Waals surface area (Å²) in [5.41, 5.74) is 1.88. The Bertz CT molecular complexity index is 928. The van der Waals surface area contributed by atoms with Crippen LogP contribution in [0.15, 0.2) is 60.7 Å². The second-order valence-corrected chi connectivity index (χ2v) is 7.35. The fraction of sp³-hybridized carbons (Fsp3) is 0.238. The fourth-order valence-electron chi connectivity index (χ4n) is 2.82. The van der Waals surface area contributed by atoms with Crippen LogP contribution in [0.5, 0.6) is 0 Å². The average molecular weight is 395 g/mol. The minimum atomic E-state index is -0.686. The first kappa shape index (κ1) is 19.7. The molecule has 3 aromatic rings. The van der Waals surface area contributed by atoms with Crippen molar-refractivity contribution in [3.63, 3.8) is 0 Å². The first-order valence-electron chi connectivity index (χ1n) is 9.13.